The lowest BCUT2D eigenvalue weighted by Gasteiger charge is -2.26. The fourth-order valence-electron chi connectivity index (χ4n) is 3.39. The number of nitrogens with one attached hydrogen (secondary N) is 1. The largest absolute Gasteiger partial charge is 0.455 e. The predicted molar refractivity (Wildman–Crippen MR) is 128 cm³/mol. The van der Waals surface area contributed by atoms with Crippen molar-refractivity contribution in [1.82, 2.24) is 4.31 Å². The van der Waals surface area contributed by atoms with Crippen LogP contribution in [0.3, 0.4) is 0 Å². The summed E-state index contributed by atoms with van der Waals surface area (Å²) in [5.41, 5.74) is 0.441. The number of amides is 1. The normalized spacial score (nSPS) is 14.2. The summed E-state index contributed by atoms with van der Waals surface area (Å²) in [4.78, 5) is 24.9. The third-order valence-electron chi connectivity index (χ3n) is 5.14. The Kier molecular flexibility index (Phi) is 7.76. The molecule has 182 valence electrons. The lowest BCUT2D eigenvalue weighted by Crippen LogP contribution is -2.40. The van der Waals surface area contributed by atoms with E-state index in [9.17, 15) is 18.0 Å². The predicted octanol–water partition coefficient (Wildman–Crippen LogP) is 3.30. The second-order valence-electron chi connectivity index (χ2n) is 7.58. The summed E-state index contributed by atoms with van der Waals surface area (Å²) in [5, 5.41) is 2.66. The Morgan fingerprint density at radius 2 is 1.63 bits per heavy atom. The average molecular weight is 497 g/mol. The first-order valence-electron chi connectivity index (χ1n) is 10.9. The molecule has 1 aliphatic heterocycles. The van der Waals surface area contributed by atoms with E-state index in [0.717, 1.165) is 0 Å². The van der Waals surface area contributed by atoms with Gasteiger partial charge in [0.05, 0.1) is 29.4 Å². The molecule has 9 nitrogen and oxygen atoms in total. The lowest BCUT2D eigenvalue weighted by molar-refractivity contribution is -0.119. The number of anilines is 1. The van der Waals surface area contributed by atoms with Crippen molar-refractivity contribution in [3.63, 3.8) is 0 Å². The third-order valence-corrected chi connectivity index (χ3v) is 7.04. The molecule has 0 saturated carbocycles. The minimum atomic E-state index is -3.77. The van der Waals surface area contributed by atoms with Crippen molar-refractivity contribution in [2.24, 2.45) is 0 Å². The molecule has 1 N–H and O–H groups in total. The van der Waals surface area contributed by atoms with Crippen LogP contribution in [0.2, 0.25) is 0 Å². The second kappa shape index (κ2) is 11.1. The Morgan fingerprint density at radius 1 is 0.914 bits per heavy atom. The maximum atomic E-state index is 12.8. The van der Waals surface area contributed by atoms with Crippen LogP contribution in [0.1, 0.15) is 10.4 Å². The van der Waals surface area contributed by atoms with E-state index in [2.05, 4.69) is 5.32 Å². The van der Waals surface area contributed by atoms with Crippen molar-refractivity contribution in [2.75, 3.05) is 38.2 Å². The smallest absolute Gasteiger partial charge is 0.338 e. The third kappa shape index (κ3) is 6.24. The van der Waals surface area contributed by atoms with Gasteiger partial charge in [-0.15, -0.1) is 0 Å². The van der Waals surface area contributed by atoms with Crippen molar-refractivity contribution >= 4 is 27.6 Å². The van der Waals surface area contributed by atoms with Crippen molar-refractivity contribution in [3.05, 3.63) is 84.4 Å². The van der Waals surface area contributed by atoms with E-state index in [-0.39, 0.29) is 23.5 Å². The van der Waals surface area contributed by atoms with Crippen LogP contribution in [0.15, 0.2) is 83.8 Å². The van der Waals surface area contributed by atoms with Gasteiger partial charge in [-0.3, -0.25) is 4.79 Å². The van der Waals surface area contributed by atoms with Crippen molar-refractivity contribution in [3.8, 4) is 11.5 Å². The van der Waals surface area contributed by atoms with Gasteiger partial charge < -0.3 is 19.5 Å². The number of hydrogen-bond acceptors (Lipinski definition) is 7. The molecule has 1 heterocycles. The number of hydrogen-bond donors (Lipinski definition) is 1. The standard InChI is InChI=1S/C25H24N2O7S/c28-24(26-22-11-4-5-12-23(22)34-20-8-2-1-3-9-20)18-33-25(29)19-7-6-10-21(17-19)35(30,31)27-13-15-32-16-14-27/h1-12,17H,13-16,18H2,(H,26,28). The van der Waals surface area contributed by atoms with Crippen LogP contribution in [0, 0.1) is 0 Å². The van der Waals surface area contributed by atoms with Crippen LogP contribution in [-0.4, -0.2) is 57.5 Å². The highest BCUT2D eigenvalue weighted by molar-refractivity contribution is 7.89. The molecule has 0 spiro atoms. The molecule has 3 aromatic carbocycles. The minimum Gasteiger partial charge on any atom is -0.455 e. The first-order chi connectivity index (χ1) is 16.9. The summed E-state index contributed by atoms with van der Waals surface area (Å²) < 4.78 is 43.1. The monoisotopic (exact) mass is 496 g/mol. The molecular formula is C25H24N2O7S. The highest BCUT2D eigenvalue weighted by Gasteiger charge is 2.27. The summed E-state index contributed by atoms with van der Waals surface area (Å²) >= 11 is 0. The molecule has 10 heteroatoms. The molecule has 1 aliphatic rings. The van der Waals surface area contributed by atoms with Crippen LogP contribution in [0.5, 0.6) is 11.5 Å². The average Bonchev–Trinajstić information content (AvgIpc) is 2.89. The number of para-hydroxylation sites is 3. The maximum Gasteiger partial charge on any atom is 0.338 e. The van der Waals surface area contributed by atoms with Gasteiger partial charge in [-0.2, -0.15) is 4.31 Å². The van der Waals surface area contributed by atoms with E-state index >= 15 is 0 Å². The molecule has 35 heavy (non-hydrogen) atoms. The van der Waals surface area contributed by atoms with Crippen LogP contribution >= 0.6 is 0 Å². The zero-order chi connectivity index (χ0) is 24.7. The van der Waals surface area contributed by atoms with Gasteiger partial charge in [0.2, 0.25) is 10.0 Å². The molecule has 1 saturated heterocycles. The fourth-order valence-corrected chi connectivity index (χ4v) is 4.85. The van der Waals surface area contributed by atoms with E-state index in [1.165, 1.54) is 28.6 Å². The number of carbonyl (C=O) groups excluding carboxylic acids is 2. The number of benzene rings is 3. The zero-order valence-corrected chi connectivity index (χ0v) is 19.6. The van der Waals surface area contributed by atoms with Gasteiger partial charge in [-0.05, 0) is 42.5 Å². The number of carbonyl (C=O) groups is 2. The van der Waals surface area contributed by atoms with Crippen molar-refractivity contribution in [1.29, 1.82) is 0 Å². The Bertz CT molecular complexity index is 1290. The van der Waals surface area contributed by atoms with E-state index in [1.54, 1.807) is 36.4 Å². The topological polar surface area (TPSA) is 111 Å². The van der Waals surface area contributed by atoms with Crippen molar-refractivity contribution < 1.29 is 32.2 Å². The second-order valence-corrected chi connectivity index (χ2v) is 9.52. The number of esters is 1. The molecule has 0 aliphatic carbocycles. The molecule has 0 bridgehead atoms. The summed E-state index contributed by atoms with van der Waals surface area (Å²) in [7, 11) is -3.77. The Labute approximate surface area is 203 Å². The molecule has 1 fully saturated rings. The zero-order valence-electron chi connectivity index (χ0n) is 18.8. The highest BCUT2D eigenvalue weighted by atomic mass is 32.2. The van der Waals surface area contributed by atoms with Gasteiger partial charge in [0.15, 0.2) is 12.4 Å². The minimum absolute atomic E-state index is 0.0229. The molecule has 0 unspecified atom stereocenters. The number of sulfonamides is 1. The number of ether oxygens (including phenoxy) is 3. The lowest BCUT2D eigenvalue weighted by atomic mass is 10.2. The van der Waals surface area contributed by atoms with Gasteiger partial charge in [0.25, 0.3) is 5.91 Å². The molecular weight excluding hydrogens is 472 g/mol. The Balaban J connectivity index is 1.37. The molecule has 4 rings (SSSR count). The summed E-state index contributed by atoms with van der Waals surface area (Å²) in [5.74, 6) is -0.348. The van der Waals surface area contributed by atoms with E-state index in [4.69, 9.17) is 14.2 Å². The van der Waals surface area contributed by atoms with Gasteiger partial charge in [-0.1, -0.05) is 36.4 Å². The maximum absolute atomic E-state index is 12.8. The van der Waals surface area contributed by atoms with Crippen LogP contribution in [0.25, 0.3) is 0 Å². The highest BCUT2D eigenvalue weighted by Crippen LogP contribution is 2.29. The fraction of sp³-hybridized carbons (Fsp3) is 0.200. The molecule has 0 radical (unpaired) electrons. The summed E-state index contributed by atoms with van der Waals surface area (Å²) in [6, 6.07) is 21.5. The van der Waals surface area contributed by atoms with Crippen LogP contribution in [0.4, 0.5) is 5.69 Å². The van der Waals surface area contributed by atoms with Gasteiger partial charge in [0, 0.05) is 13.1 Å². The van der Waals surface area contributed by atoms with E-state index in [0.29, 0.717) is 30.4 Å². The van der Waals surface area contributed by atoms with Gasteiger partial charge in [-0.25, -0.2) is 13.2 Å². The Morgan fingerprint density at radius 3 is 2.40 bits per heavy atom. The van der Waals surface area contributed by atoms with Crippen LogP contribution < -0.4 is 10.1 Å². The van der Waals surface area contributed by atoms with Crippen LogP contribution in [-0.2, 0) is 24.3 Å². The number of rotatable bonds is 8. The molecule has 0 aromatic heterocycles. The van der Waals surface area contributed by atoms with E-state index in [1.807, 2.05) is 18.2 Å². The number of morpholine rings is 1. The van der Waals surface area contributed by atoms with E-state index < -0.39 is 28.5 Å². The molecule has 3 aromatic rings. The van der Waals surface area contributed by atoms with Gasteiger partial charge in [0.1, 0.15) is 5.75 Å². The van der Waals surface area contributed by atoms with Gasteiger partial charge >= 0.3 is 5.97 Å². The first-order valence-corrected chi connectivity index (χ1v) is 12.3. The molecule has 0 atom stereocenters. The molecule has 1 amide bonds. The number of nitrogens with zero attached hydrogens (tertiary/aromatic N) is 1. The Hall–Kier alpha value is -3.73. The SMILES string of the molecule is O=C(COC(=O)c1cccc(S(=O)(=O)N2CCOCC2)c1)Nc1ccccc1Oc1ccccc1. The summed E-state index contributed by atoms with van der Waals surface area (Å²) in [6.45, 7) is 0.559. The first kappa shape index (κ1) is 24.4. The quantitative estimate of drug-likeness (QED) is 0.477. The summed E-state index contributed by atoms with van der Waals surface area (Å²) in [6.07, 6.45) is 0. The van der Waals surface area contributed by atoms with Crippen molar-refractivity contribution in [2.45, 2.75) is 4.90 Å².